The van der Waals surface area contributed by atoms with E-state index in [1.807, 2.05) is 18.3 Å². The Bertz CT molecular complexity index is 787. The number of aliphatic hydroxyl groups is 1. The lowest BCUT2D eigenvalue weighted by atomic mass is 9.99. The van der Waals surface area contributed by atoms with Gasteiger partial charge in [-0.25, -0.2) is 9.37 Å². The van der Waals surface area contributed by atoms with Crippen LogP contribution in [0, 0.1) is 5.82 Å². The number of pyridine rings is 1. The van der Waals surface area contributed by atoms with Crippen LogP contribution in [0.25, 0.3) is 0 Å². The molecule has 30 heavy (non-hydrogen) atoms. The van der Waals surface area contributed by atoms with Crippen molar-refractivity contribution in [3.05, 3.63) is 53.5 Å². The quantitative estimate of drug-likeness (QED) is 0.422. The van der Waals surface area contributed by atoms with Crippen LogP contribution < -0.4 is 20.7 Å². The van der Waals surface area contributed by atoms with Gasteiger partial charge in [0.1, 0.15) is 5.82 Å². The Kier molecular flexibility index (Phi) is 8.42. The van der Waals surface area contributed by atoms with E-state index in [1.165, 1.54) is 18.7 Å². The average molecular weight is 417 g/mol. The van der Waals surface area contributed by atoms with Gasteiger partial charge in [-0.15, -0.1) is 0 Å². The number of halogens is 1. The van der Waals surface area contributed by atoms with E-state index in [2.05, 4.69) is 33.9 Å². The van der Waals surface area contributed by atoms with Crippen LogP contribution in [-0.2, 0) is 0 Å². The number of hydrogen-bond acceptors (Lipinski definition) is 6. The molecule has 1 aromatic heterocycles. The van der Waals surface area contributed by atoms with Crippen LogP contribution in [-0.4, -0.2) is 49.5 Å². The summed E-state index contributed by atoms with van der Waals surface area (Å²) in [5.74, 6) is 1.33. The molecule has 0 aliphatic heterocycles. The van der Waals surface area contributed by atoms with Crippen molar-refractivity contribution in [2.24, 2.45) is 0 Å². The Morgan fingerprint density at radius 2 is 2.07 bits per heavy atom. The van der Waals surface area contributed by atoms with Gasteiger partial charge in [-0.3, -0.25) is 0 Å². The number of nitrogens with one attached hydrogen (secondary N) is 3. The van der Waals surface area contributed by atoms with Crippen molar-refractivity contribution >= 4 is 5.82 Å². The first-order chi connectivity index (χ1) is 14.6. The summed E-state index contributed by atoms with van der Waals surface area (Å²) in [6, 6.07) is 9.82. The standard InChI is InChI=1S/C23H33FN4O2/c1-16(17-4-7-21(24)22(14-17)30-2)28-20-6-3-18(13-20)19-5-8-23(27-15-19)26-10-9-25-11-12-29/h4-5,7-8,14-16,18,20,25,28-29H,3,6,9-13H2,1-2H3,(H,26,27)/t16?,18-,20?/m1/s1. The Morgan fingerprint density at radius 1 is 1.20 bits per heavy atom. The molecule has 7 heteroatoms. The molecule has 1 saturated carbocycles. The smallest absolute Gasteiger partial charge is 0.165 e. The highest BCUT2D eigenvalue weighted by Gasteiger charge is 2.27. The van der Waals surface area contributed by atoms with Crippen LogP contribution >= 0.6 is 0 Å². The third-order valence-corrected chi connectivity index (χ3v) is 5.75. The monoisotopic (exact) mass is 416 g/mol. The summed E-state index contributed by atoms with van der Waals surface area (Å²) in [7, 11) is 1.49. The first kappa shape index (κ1) is 22.5. The van der Waals surface area contributed by atoms with Crippen LogP contribution in [0.1, 0.15) is 49.3 Å². The molecule has 3 atom stereocenters. The van der Waals surface area contributed by atoms with Gasteiger partial charge >= 0.3 is 0 Å². The lowest BCUT2D eigenvalue weighted by Crippen LogP contribution is -2.29. The number of benzene rings is 1. The molecule has 0 amide bonds. The van der Waals surface area contributed by atoms with Crippen molar-refractivity contribution in [1.29, 1.82) is 0 Å². The minimum absolute atomic E-state index is 0.132. The van der Waals surface area contributed by atoms with Crippen LogP contribution in [0.5, 0.6) is 5.75 Å². The van der Waals surface area contributed by atoms with Gasteiger partial charge < -0.3 is 25.8 Å². The maximum absolute atomic E-state index is 13.7. The van der Waals surface area contributed by atoms with Crippen LogP contribution in [0.15, 0.2) is 36.5 Å². The molecule has 1 heterocycles. The molecule has 6 nitrogen and oxygen atoms in total. The Hall–Kier alpha value is -2.22. The average Bonchev–Trinajstić information content (AvgIpc) is 3.22. The summed E-state index contributed by atoms with van der Waals surface area (Å²) in [6.45, 7) is 4.43. The van der Waals surface area contributed by atoms with Gasteiger partial charge in [-0.05, 0) is 61.4 Å². The lowest BCUT2D eigenvalue weighted by molar-refractivity contribution is 0.293. The molecule has 2 aromatic rings. The number of methoxy groups -OCH3 is 1. The van der Waals surface area contributed by atoms with Gasteiger partial charge in [0.15, 0.2) is 11.6 Å². The number of aromatic nitrogens is 1. The summed E-state index contributed by atoms with van der Waals surface area (Å²) < 4.78 is 18.8. The minimum atomic E-state index is -0.332. The maximum Gasteiger partial charge on any atom is 0.165 e. The van der Waals surface area contributed by atoms with Crippen molar-refractivity contribution in [2.75, 3.05) is 38.7 Å². The highest BCUT2D eigenvalue weighted by atomic mass is 19.1. The van der Waals surface area contributed by atoms with Crippen LogP contribution in [0.4, 0.5) is 10.2 Å². The SMILES string of the molecule is COc1cc(C(C)NC2CC[C@@H](c3ccc(NCCNCCO)nc3)C2)ccc1F. The third-order valence-electron chi connectivity index (χ3n) is 5.75. The third kappa shape index (κ3) is 6.14. The van der Waals surface area contributed by atoms with Crippen molar-refractivity contribution < 1.29 is 14.2 Å². The molecule has 1 aliphatic carbocycles. The zero-order valence-corrected chi connectivity index (χ0v) is 17.8. The zero-order chi connectivity index (χ0) is 21.3. The second-order valence-electron chi connectivity index (χ2n) is 7.87. The van der Waals surface area contributed by atoms with E-state index in [9.17, 15) is 4.39 Å². The highest BCUT2D eigenvalue weighted by molar-refractivity contribution is 5.36. The molecule has 3 rings (SSSR count). The van der Waals surface area contributed by atoms with Gasteiger partial charge in [-0.1, -0.05) is 12.1 Å². The van der Waals surface area contributed by atoms with E-state index in [0.717, 1.165) is 43.7 Å². The molecule has 1 aliphatic rings. The topological polar surface area (TPSA) is 78.4 Å². The van der Waals surface area contributed by atoms with E-state index >= 15 is 0 Å². The molecule has 0 saturated heterocycles. The Morgan fingerprint density at radius 3 is 2.80 bits per heavy atom. The summed E-state index contributed by atoms with van der Waals surface area (Å²) in [4.78, 5) is 4.54. The molecule has 164 valence electrons. The molecule has 2 unspecified atom stereocenters. The minimum Gasteiger partial charge on any atom is -0.494 e. The van der Waals surface area contributed by atoms with E-state index in [4.69, 9.17) is 9.84 Å². The second kappa shape index (κ2) is 11.2. The van der Waals surface area contributed by atoms with Crippen molar-refractivity contribution in [1.82, 2.24) is 15.6 Å². The highest BCUT2D eigenvalue weighted by Crippen LogP contribution is 2.35. The molecular formula is C23H33FN4O2. The van der Waals surface area contributed by atoms with Gasteiger partial charge in [0, 0.05) is 37.9 Å². The van der Waals surface area contributed by atoms with E-state index < -0.39 is 0 Å². The number of nitrogens with zero attached hydrogens (tertiary/aromatic N) is 1. The maximum atomic E-state index is 13.7. The molecule has 0 spiro atoms. The Balaban J connectivity index is 1.48. The predicted octanol–water partition coefficient (Wildman–Crippen LogP) is 3.21. The first-order valence-corrected chi connectivity index (χ1v) is 10.7. The van der Waals surface area contributed by atoms with Crippen LogP contribution in [0.3, 0.4) is 0 Å². The first-order valence-electron chi connectivity index (χ1n) is 10.7. The molecule has 0 bridgehead atoms. The summed E-state index contributed by atoms with van der Waals surface area (Å²) in [6.07, 6.45) is 5.30. The zero-order valence-electron chi connectivity index (χ0n) is 17.8. The van der Waals surface area contributed by atoms with Gasteiger partial charge in [0.25, 0.3) is 0 Å². The number of hydrogen-bond donors (Lipinski definition) is 4. The van der Waals surface area contributed by atoms with E-state index in [-0.39, 0.29) is 24.2 Å². The van der Waals surface area contributed by atoms with Gasteiger partial charge in [0.2, 0.25) is 0 Å². The number of aliphatic hydroxyl groups excluding tert-OH is 1. The van der Waals surface area contributed by atoms with Crippen molar-refractivity contribution in [3.63, 3.8) is 0 Å². The molecule has 4 N–H and O–H groups in total. The lowest BCUT2D eigenvalue weighted by Gasteiger charge is -2.21. The number of anilines is 1. The normalized spacial score (nSPS) is 19.6. The summed E-state index contributed by atoms with van der Waals surface area (Å²) >= 11 is 0. The largest absolute Gasteiger partial charge is 0.494 e. The van der Waals surface area contributed by atoms with Crippen LogP contribution in [0.2, 0.25) is 0 Å². The Labute approximate surface area is 178 Å². The molecule has 1 aromatic carbocycles. The van der Waals surface area contributed by atoms with Crippen molar-refractivity contribution in [2.45, 2.75) is 44.2 Å². The fourth-order valence-corrected chi connectivity index (χ4v) is 4.07. The van der Waals surface area contributed by atoms with E-state index in [1.54, 1.807) is 6.07 Å². The molecule has 0 radical (unpaired) electrons. The van der Waals surface area contributed by atoms with Crippen molar-refractivity contribution in [3.8, 4) is 5.75 Å². The summed E-state index contributed by atoms with van der Waals surface area (Å²) in [5, 5.41) is 18.9. The molecule has 1 fully saturated rings. The number of ether oxygens (including phenoxy) is 1. The fraction of sp³-hybridized carbons (Fsp3) is 0.522. The fourth-order valence-electron chi connectivity index (χ4n) is 4.07. The number of rotatable bonds is 11. The van der Waals surface area contributed by atoms with E-state index in [0.29, 0.717) is 18.5 Å². The molecular weight excluding hydrogens is 383 g/mol. The summed E-state index contributed by atoms with van der Waals surface area (Å²) in [5.41, 5.74) is 2.31. The predicted molar refractivity (Wildman–Crippen MR) is 118 cm³/mol. The van der Waals surface area contributed by atoms with Gasteiger partial charge in [-0.2, -0.15) is 0 Å². The second-order valence-corrected chi connectivity index (χ2v) is 7.87. The van der Waals surface area contributed by atoms with Gasteiger partial charge in [0.05, 0.1) is 13.7 Å².